The summed E-state index contributed by atoms with van der Waals surface area (Å²) < 4.78 is 10.2. The summed E-state index contributed by atoms with van der Waals surface area (Å²) >= 11 is 0. The predicted octanol–water partition coefficient (Wildman–Crippen LogP) is 2.35. The van der Waals surface area contributed by atoms with E-state index in [1.165, 1.54) is 14.0 Å². The van der Waals surface area contributed by atoms with Crippen LogP contribution in [0.5, 0.6) is 5.75 Å². The molecule has 0 fully saturated rings. The largest absolute Gasteiger partial charge is 0.496 e. The van der Waals surface area contributed by atoms with E-state index < -0.39 is 0 Å². The highest BCUT2D eigenvalue weighted by Crippen LogP contribution is 2.21. The highest BCUT2D eigenvalue weighted by molar-refractivity contribution is 5.94. The van der Waals surface area contributed by atoms with E-state index in [0.29, 0.717) is 23.3 Å². The fourth-order valence-electron chi connectivity index (χ4n) is 1.37. The number of Topliss-reactive ketones (excluding diaryl/α,β-unsaturated/α-hetero) is 1. The maximum atomic E-state index is 11.2. The Hall–Kier alpha value is -1.84. The van der Waals surface area contributed by atoms with Crippen molar-refractivity contribution in [1.29, 1.82) is 0 Å². The van der Waals surface area contributed by atoms with Crippen LogP contribution in [-0.4, -0.2) is 18.9 Å². The smallest absolute Gasteiger partial charge is 0.305 e. The van der Waals surface area contributed by atoms with Crippen molar-refractivity contribution < 1.29 is 19.1 Å². The van der Waals surface area contributed by atoms with Gasteiger partial charge in [-0.3, -0.25) is 9.59 Å². The van der Waals surface area contributed by atoms with Crippen LogP contribution >= 0.6 is 0 Å². The lowest BCUT2D eigenvalue weighted by molar-refractivity contribution is -0.144. The van der Waals surface area contributed by atoms with Gasteiger partial charge in [-0.05, 0) is 25.1 Å². The minimum atomic E-state index is -0.278. The van der Waals surface area contributed by atoms with Crippen molar-refractivity contribution in [3.63, 3.8) is 0 Å². The molecule has 1 rings (SSSR count). The van der Waals surface area contributed by atoms with Gasteiger partial charge in [0, 0.05) is 17.5 Å². The average Bonchev–Trinajstić information content (AvgIpc) is 2.35. The number of carbonyl (C=O) groups is 2. The Kier molecular flexibility index (Phi) is 4.69. The monoisotopic (exact) mass is 236 g/mol. The van der Waals surface area contributed by atoms with Gasteiger partial charge in [-0.1, -0.05) is 6.92 Å². The van der Waals surface area contributed by atoms with E-state index >= 15 is 0 Å². The molecule has 0 atom stereocenters. The molecule has 0 saturated carbocycles. The van der Waals surface area contributed by atoms with E-state index in [1.807, 2.05) is 0 Å². The summed E-state index contributed by atoms with van der Waals surface area (Å²) in [5.74, 6) is 0.301. The van der Waals surface area contributed by atoms with Gasteiger partial charge < -0.3 is 9.47 Å². The SMILES string of the molecule is CCC(=O)OCc1cc(C(C)=O)ccc1OC. The molecule has 0 spiro atoms. The Morgan fingerprint density at radius 3 is 2.53 bits per heavy atom. The minimum Gasteiger partial charge on any atom is -0.496 e. The third kappa shape index (κ3) is 3.59. The second-order valence-corrected chi connectivity index (χ2v) is 3.60. The number of benzene rings is 1. The van der Waals surface area contributed by atoms with Gasteiger partial charge in [0.15, 0.2) is 5.78 Å². The number of methoxy groups -OCH3 is 1. The molecule has 0 aliphatic rings. The van der Waals surface area contributed by atoms with Gasteiger partial charge in [0.05, 0.1) is 7.11 Å². The molecule has 0 aliphatic heterocycles. The molecule has 1 aromatic rings. The first-order valence-electron chi connectivity index (χ1n) is 5.42. The molecule has 4 nitrogen and oxygen atoms in total. The first kappa shape index (κ1) is 13.2. The number of hydrogen-bond donors (Lipinski definition) is 0. The van der Waals surface area contributed by atoms with Crippen LogP contribution in [0.2, 0.25) is 0 Å². The normalized spacial score (nSPS) is 9.82. The zero-order valence-electron chi connectivity index (χ0n) is 10.3. The molecule has 4 heteroatoms. The minimum absolute atomic E-state index is 0.0317. The summed E-state index contributed by atoms with van der Waals surface area (Å²) in [6, 6.07) is 5.07. The molecule has 0 N–H and O–H groups in total. The Morgan fingerprint density at radius 2 is 2.00 bits per heavy atom. The van der Waals surface area contributed by atoms with Crippen LogP contribution in [0.15, 0.2) is 18.2 Å². The van der Waals surface area contributed by atoms with Crippen LogP contribution in [0.4, 0.5) is 0 Å². The average molecular weight is 236 g/mol. The number of rotatable bonds is 5. The molecular weight excluding hydrogens is 220 g/mol. The van der Waals surface area contributed by atoms with Gasteiger partial charge in [0.1, 0.15) is 12.4 Å². The van der Waals surface area contributed by atoms with Crippen LogP contribution in [0, 0.1) is 0 Å². The van der Waals surface area contributed by atoms with Crippen molar-refractivity contribution in [2.75, 3.05) is 7.11 Å². The fourth-order valence-corrected chi connectivity index (χ4v) is 1.37. The van der Waals surface area contributed by atoms with Crippen LogP contribution in [-0.2, 0) is 16.1 Å². The van der Waals surface area contributed by atoms with Gasteiger partial charge in [-0.15, -0.1) is 0 Å². The zero-order valence-corrected chi connectivity index (χ0v) is 10.3. The van der Waals surface area contributed by atoms with Gasteiger partial charge in [0.2, 0.25) is 0 Å². The van der Waals surface area contributed by atoms with Crippen LogP contribution in [0.1, 0.15) is 36.2 Å². The van der Waals surface area contributed by atoms with E-state index in [0.717, 1.165) is 0 Å². The summed E-state index contributed by atoms with van der Waals surface area (Å²) in [6.45, 7) is 3.34. The topological polar surface area (TPSA) is 52.6 Å². The van der Waals surface area contributed by atoms with E-state index in [2.05, 4.69) is 0 Å². The molecule has 0 radical (unpaired) electrons. The number of ether oxygens (including phenoxy) is 2. The number of carbonyl (C=O) groups excluding carboxylic acids is 2. The van der Waals surface area contributed by atoms with Crippen LogP contribution in [0.25, 0.3) is 0 Å². The van der Waals surface area contributed by atoms with Crippen molar-refractivity contribution >= 4 is 11.8 Å². The third-order valence-corrected chi connectivity index (χ3v) is 2.36. The molecule has 0 amide bonds. The second kappa shape index (κ2) is 6.03. The molecule has 0 bridgehead atoms. The first-order valence-corrected chi connectivity index (χ1v) is 5.42. The summed E-state index contributed by atoms with van der Waals surface area (Å²) in [5, 5.41) is 0. The van der Waals surface area contributed by atoms with Crippen LogP contribution in [0.3, 0.4) is 0 Å². The summed E-state index contributed by atoms with van der Waals surface area (Å²) in [4.78, 5) is 22.3. The zero-order chi connectivity index (χ0) is 12.8. The van der Waals surface area contributed by atoms with E-state index in [9.17, 15) is 9.59 Å². The standard InChI is InChI=1S/C13H16O4/c1-4-13(15)17-8-11-7-10(9(2)14)5-6-12(11)16-3/h5-7H,4,8H2,1-3H3. The Labute approximate surface area is 101 Å². The Morgan fingerprint density at radius 1 is 1.29 bits per heavy atom. The van der Waals surface area contributed by atoms with Crippen LogP contribution < -0.4 is 4.74 Å². The highest BCUT2D eigenvalue weighted by Gasteiger charge is 2.09. The maximum absolute atomic E-state index is 11.2. The van der Waals surface area contributed by atoms with Gasteiger partial charge in [-0.25, -0.2) is 0 Å². The number of ketones is 1. The highest BCUT2D eigenvalue weighted by atomic mass is 16.5. The fraction of sp³-hybridized carbons (Fsp3) is 0.385. The molecule has 0 heterocycles. The Bertz CT molecular complexity index is 423. The lowest BCUT2D eigenvalue weighted by Gasteiger charge is -2.10. The quantitative estimate of drug-likeness (QED) is 0.581. The third-order valence-electron chi connectivity index (χ3n) is 2.36. The molecule has 0 unspecified atom stereocenters. The first-order chi connectivity index (χ1) is 8.08. The van der Waals surface area contributed by atoms with Crippen molar-refractivity contribution in [3.8, 4) is 5.75 Å². The summed E-state index contributed by atoms with van der Waals surface area (Å²) in [7, 11) is 1.54. The molecular formula is C13H16O4. The second-order valence-electron chi connectivity index (χ2n) is 3.60. The van der Waals surface area contributed by atoms with E-state index in [4.69, 9.17) is 9.47 Å². The Balaban J connectivity index is 2.90. The maximum Gasteiger partial charge on any atom is 0.305 e. The lowest BCUT2D eigenvalue weighted by Crippen LogP contribution is -2.05. The molecule has 1 aromatic carbocycles. The molecule has 0 saturated heterocycles. The molecule has 17 heavy (non-hydrogen) atoms. The van der Waals surface area contributed by atoms with E-state index in [-0.39, 0.29) is 18.4 Å². The summed E-state index contributed by atoms with van der Waals surface area (Å²) in [5.41, 5.74) is 1.27. The molecule has 0 aliphatic carbocycles. The van der Waals surface area contributed by atoms with Crippen molar-refractivity contribution in [2.45, 2.75) is 26.9 Å². The number of hydrogen-bond acceptors (Lipinski definition) is 4. The lowest BCUT2D eigenvalue weighted by atomic mass is 10.1. The number of esters is 1. The summed E-state index contributed by atoms with van der Waals surface area (Å²) in [6.07, 6.45) is 0.328. The van der Waals surface area contributed by atoms with Crippen molar-refractivity contribution in [3.05, 3.63) is 29.3 Å². The van der Waals surface area contributed by atoms with Gasteiger partial charge >= 0.3 is 5.97 Å². The van der Waals surface area contributed by atoms with Gasteiger partial charge in [0.25, 0.3) is 0 Å². The van der Waals surface area contributed by atoms with Crippen molar-refractivity contribution in [1.82, 2.24) is 0 Å². The van der Waals surface area contributed by atoms with E-state index in [1.54, 1.807) is 25.1 Å². The van der Waals surface area contributed by atoms with Gasteiger partial charge in [-0.2, -0.15) is 0 Å². The predicted molar refractivity (Wildman–Crippen MR) is 63.1 cm³/mol. The molecule has 0 aromatic heterocycles. The van der Waals surface area contributed by atoms with Crippen molar-refractivity contribution in [2.24, 2.45) is 0 Å². The molecule has 92 valence electrons.